The number of rotatable bonds is 2. The Hall–Kier alpha value is -2.86. The number of hydrogen-bond acceptors (Lipinski definition) is 5. The first kappa shape index (κ1) is 21.4. The molecule has 0 radical (unpaired) electrons. The summed E-state index contributed by atoms with van der Waals surface area (Å²) in [4.78, 5) is 26.9. The van der Waals surface area contributed by atoms with Crippen molar-refractivity contribution in [2.45, 2.75) is 36.2 Å². The average molecular weight is 468 g/mol. The summed E-state index contributed by atoms with van der Waals surface area (Å²) in [7, 11) is -5.76. The van der Waals surface area contributed by atoms with Crippen LogP contribution in [0.25, 0.3) is 0 Å². The maximum Gasteiger partial charge on any atom is 0.511 e. The lowest BCUT2D eigenvalue weighted by atomic mass is 10.1. The number of urea groups is 1. The maximum absolute atomic E-state index is 13.2. The Balaban J connectivity index is 1.72. The Kier molecular flexibility index (Phi) is 4.36. The van der Waals surface area contributed by atoms with Crippen LogP contribution in [0, 0.1) is 11.3 Å². The summed E-state index contributed by atoms with van der Waals surface area (Å²) in [5, 5.41) is 8.86. The second kappa shape index (κ2) is 6.33. The second-order valence-corrected chi connectivity index (χ2v) is 9.01. The molecule has 0 aliphatic carbocycles. The van der Waals surface area contributed by atoms with E-state index in [1.807, 2.05) is 0 Å². The third-order valence-corrected chi connectivity index (χ3v) is 7.13. The lowest BCUT2D eigenvalue weighted by molar-refractivity contribution is -0.137. The standard InChI is InChI=1S/C16H10F6N4O4S/c17-15(18,19)10-3-8(2-1-7(10)5-23)26-13(27)12-11-4-9(25(12)14(26)28)6-24(11)31(29,30)16(20,21)22/h1-3,9,11-12H,4,6H2/t9?,11?,12-/m0/s1. The fourth-order valence-electron chi connectivity index (χ4n) is 4.27. The summed E-state index contributed by atoms with van der Waals surface area (Å²) in [6, 6.07) is -1.72. The van der Waals surface area contributed by atoms with Crippen LogP contribution in [-0.2, 0) is 21.0 Å². The number of hydrogen-bond donors (Lipinski definition) is 0. The molecule has 1 aromatic rings. The predicted octanol–water partition coefficient (Wildman–Crippen LogP) is 2.02. The predicted molar refractivity (Wildman–Crippen MR) is 88.5 cm³/mol. The smallest absolute Gasteiger partial charge is 0.306 e. The first-order chi connectivity index (χ1) is 14.2. The fraction of sp³-hybridized carbons (Fsp3) is 0.438. The van der Waals surface area contributed by atoms with Gasteiger partial charge in [0.25, 0.3) is 5.91 Å². The third kappa shape index (κ3) is 2.88. The van der Waals surface area contributed by atoms with Crippen molar-refractivity contribution in [3.8, 4) is 6.07 Å². The molecule has 0 aromatic heterocycles. The zero-order valence-electron chi connectivity index (χ0n) is 15.0. The topological polar surface area (TPSA) is 102 Å². The highest BCUT2D eigenvalue weighted by molar-refractivity contribution is 7.90. The minimum Gasteiger partial charge on any atom is -0.306 e. The van der Waals surface area contributed by atoms with Crippen LogP contribution in [0.3, 0.4) is 0 Å². The zero-order valence-corrected chi connectivity index (χ0v) is 15.8. The molecule has 0 saturated carbocycles. The molecule has 3 aliphatic rings. The van der Waals surface area contributed by atoms with E-state index in [1.165, 1.54) is 6.07 Å². The van der Waals surface area contributed by atoms with Crippen LogP contribution < -0.4 is 4.90 Å². The van der Waals surface area contributed by atoms with Crippen LogP contribution >= 0.6 is 0 Å². The van der Waals surface area contributed by atoms with E-state index in [-0.39, 0.29) is 10.7 Å². The lowest BCUT2D eigenvalue weighted by Gasteiger charge is -2.34. The second-order valence-electron chi connectivity index (χ2n) is 7.13. The zero-order chi connectivity index (χ0) is 23.1. The SMILES string of the molecule is N#Cc1ccc(N2C(=O)[C@@H]3C4CC(CN4S(=O)(=O)C(F)(F)F)N3C2=O)cc1C(F)(F)F. The lowest BCUT2D eigenvalue weighted by Crippen LogP contribution is -2.57. The highest BCUT2D eigenvalue weighted by atomic mass is 32.2. The molecule has 15 heteroatoms. The van der Waals surface area contributed by atoms with Gasteiger partial charge in [0.05, 0.1) is 28.9 Å². The van der Waals surface area contributed by atoms with Crippen molar-refractivity contribution in [3.63, 3.8) is 0 Å². The third-order valence-electron chi connectivity index (χ3n) is 5.51. The van der Waals surface area contributed by atoms with Gasteiger partial charge in [0, 0.05) is 12.6 Å². The molecular formula is C16H10F6N4O4S. The Morgan fingerprint density at radius 1 is 1.10 bits per heavy atom. The van der Waals surface area contributed by atoms with Crippen LogP contribution in [0.1, 0.15) is 17.5 Å². The van der Waals surface area contributed by atoms with Crippen molar-refractivity contribution in [2.24, 2.45) is 0 Å². The van der Waals surface area contributed by atoms with Crippen molar-refractivity contribution in [1.29, 1.82) is 5.26 Å². The van der Waals surface area contributed by atoms with Crippen LogP contribution in [0.2, 0.25) is 0 Å². The van der Waals surface area contributed by atoms with Crippen LogP contribution in [0.4, 0.5) is 36.8 Å². The number of benzene rings is 1. The van der Waals surface area contributed by atoms with Gasteiger partial charge in [-0.2, -0.15) is 35.9 Å². The summed E-state index contributed by atoms with van der Waals surface area (Å²) < 4.78 is 102. The summed E-state index contributed by atoms with van der Waals surface area (Å²) in [5.74, 6) is -1.14. The normalized spacial score (nSPS) is 26.5. The van der Waals surface area contributed by atoms with Gasteiger partial charge in [0.1, 0.15) is 6.04 Å². The number of carbonyl (C=O) groups is 2. The van der Waals surface area contributed by atoms with Crippen LogP contribution in [0.15, 0.2) is 18.2 Å². The van der Waals surface area contributed by atoms with Crippen molar-refractivity contribution in [3.05, 3.63) is 29.3 Å². The summed E-state index contributed by atoms with van der Waals surface area (Å²) in [6.45, 7) is -0.683. The van der Waals surface area contributed by atoms with E-state index in [0.29, 0.717) is 11.0 Å². The number of fused-ring (bicyclic) bond motifs is 5. The quantitative estimate of drug-likeness (QED) is 0.488. The van der Waals surface area contributed by atoms with E-state index in [0.717, 1.165) is 17.0 Å². The fourth-order valence-corrected chi connectivity index (χ4v) is 5.46. The molecule has 166 valence electrons. The number of anilines is 1. The monoisotopic (exact) mass is 468 g/mol. The minimum absolute atomic E-state index is 0.118. The molecule has 3 saturated heterocycles. The Morgan fingerprint density at radius 3 is 2.29 bits per heavy atom. The molecule has 8 nitrogen and oxygen atoms in total. The highest BCUT2D eigenvalue weighted by Crippen LogP contribution is 2.46. The van der Waals surface area contributed by atoms with Gasteiger partial charge in [-0.05, 0) is 24.6 Å². The first-order valence-corrected chi connectivity index (χ1v) is 10.00. The van der Waals surface area contributed by atoms with Gasteiger partial charge in [-0.25, -0.2) is 18.1 Å². The van der Waals surface area contributed by atoms with Gasteiger partial charge in [-0.1, -0.05) is 0 Å². The molecule has 31 heavy (non-hydrogen) atoms. The molecule has 3 amide bonds. The number of piperazine rings is 1. The summed E-state index contributed by atoms with van der Waals surface area (Å²) in [6.07, 6.45) is -5.17. The maximum atomic E-state index is 13.2. The van der Waals surface area contributed by atoms with Gasteiger partial charge in [-0.3, -0.25) is 4.79 Å². The molecule has 0 spiro atoms. The molecule has 3 heterocycles. The molecule has 0 N–H and O–H groups in total. The van der Waals surface area contributed by atoms with E-state index in [2.05, 4.69) is 0 Å². The van der Waals surface area contributed by atoms with E-state index in [1.54, 1.807) is 0 Å². The molecule has 1 aromatic carbocycles. The van der Waals surface area contributed by atoms with E-state index >= 15 is 0 Å². The number of nitriles is 1. The van der Waals surface area contributed by atoms with E-state index < -0.39 is 75.1 Å². The van der Waals surface area contributed by atoms with E-state index in [9.17, 15) is 44.3 Å². The molecule has 2 bridgehead atoms. The van der Waals surface area contributed by atoms with Gasteiger partial charge < -0.3 is 4.90 Å². The summed E-state index contributed by atoms with van der Waals surface area (Å²) >= 11 is 0. The van der Waals surface area contributed by atoms with Crippen molar-refractivity contribution in [2.75, 3.05) is 11.4 Å². The average Bonchev–Trinajstić information content (AvgIpc) is 3.31. The van der Waals surface area contributed by atoms with Crippen molar-refractivity contribution >= 4 is 27.6 Å². The van der Waals surface area contributed by atoms with Gasteiger partial charge >= 0.3 is 27.7 Å². The Labute approximate surface area is 170 Å². The van der Waals surface area contributed by atoms with Gasteiger partial charge in [-0.15, -0.1) is 0 Å². The largest absolute Gasteiger partial charge is 0.511 e. The van der Waals surface area contributed by atoms with Gasteiger partial charge in [0.2, 0.25) is 0 Å². The Morgan fingerprint density at radius 2 is 1.74 bits per heavy atom. The molecule has 4 rings (SSSR count). The number of carbonyl (C=O) groups excluding carboxylic acids is 2. The molecule has 3 aliphatic heterocycles. The molecule has 2 unspecified atom stereocenters. The molecular weight excluding hydrogens is 458 g/mol. The van der Waals surface area contributed by atoms with Crippen LogP contribution in [-0.4, -0.2) is 59.7 Å². The summed E-state index contributed by atoms with van der Waals surface area (Å²) in [5.41, 5.74) is -8.29. The number of halogens is 6. The minimum atomic E-state index is -5.76. The Bertz CT molecular complexity index is 1140. The van der Waals surface area contributed by atoms with E-state index in [4.69, 9.17) is 5.26 Å². The number of amides is 3. The van der Waals surface area contributed by atoms with Crippen LogP contribution in [0.5, 0.6) is 0 Å². The molecule has 3 fully saturated rings. The number of sulfonamides is 1. The van der Waals surface area contributed by atoms with Crippen molar-refractivity contribution < 1.29 is 44.3 Å². The number of imide groups is 1. The number of nitrogens with zero attached hydrogens (tertiary/aromatic N) is 4. The molecule has 3 atom stereocenters. The highest BCUT2D eigenvalue weighted by Gasteiger charge is 2.67. The number of alkyl halides is 6. The van der Waals surface area contributed by atoms with Gasteiger partial charge in [0.15, 0.2) is 0 Å². The first-order valence-electron chi connectivity index (χ1n) is 8.56. The van der Waals surface area contributed by atoms with Crippen molar-refractivity contribution in [1.82, 2.24) is 9.21 Å².